The number of hydrogen-bond donors (Lipinski definition) is 1. The van der Waals surface area contributed by atoms with Crippen molar-refractivity contribution >= 4 is 33.6 Å². The topological polar surface area (TPSA) is 80.6 Å². The van der Waals surface area contributed by atoms with Crippen molar-refractivity contribution < 1.29 is 19.0 Å². The average molecular weight is 521 g/mol. The van der Waals surface area contributed by atoms with E-state index in [-0.39, 0.29) is 5.57 Å². The molecule has 3 aromatic rings. The minimum Gasteiger partial charge on any atom is -0.493 e. The molecule has 1 amide bonds. The molecule has 0 spiro atoms. The van der Waals surface area contributed by atoms with Crippen molar-refractivity contribution in [1.82, 2.24) is 0 Å². The van der Waals surface area contributed by atoms with E-state index in [1.165, 1.54) is 6.08 Å². The average Bonchev–Trinajstić information content (AvgIpc) is 2.85. The summed E-state index contributed by atoms with van der Waals surface area (Å²) in [5, 5.41) is 12.4. The summed E-state index contributed by atoms with van der Waals surface area (Å²) in [6.07, 6.45) is 1.50. The first kappa shape index (κ1) is 24.9. The molecule has 0 heterocycles. The van der Waals surface area contributed by atoms with Gasteiger partial charge >= 0.3 is 0 Å². The third-order valence-electron chi connectivity index (χ3n) is 4.69. The Hall–Kier alpha value is -3.76. The van der Waals surface area contributed by atoms with Crippen LogP contribution in [0.2, 0.25) is 0 Å². The molecule has 0 saturated heterocycles. The van der Waals surface area contributed by atoms with Crippen molar-refractivity contribution in [2.45, 2.75) is 20.5 Å². The van der Waals surface area contributed by atoms with E-state index in [0.717, 1.165) is 5.56 Å². The second kappa shape index (κ2) is 12.5. The number of rotatable bonds is 10. The third-order valence-corrected chi connectivity index (χ3v) is 5.31. The number of amides is 1. The molecule has 0 unspecified atom stereocenters. The Kier molecular flexibility index (Phi) is 9.12. The first-order valence-electron chi connectivity index (χ1n) is 10.8. The summed E-state index contributed by atoms with van der Waals surface area (Å²) in [6, 6.07) is 22.3. The van der Waals surface area contributed by atoms with E-state index >= 15 is 0 Å². The molecule has 0 aliphatic carbocycles. The molecule has 6 nitrogen and oxygen atoms in total. The zero-order chi connectivity index (χ0) is 24.3. The predicted octanol–water partition coefficient (Wildman–Crippen LogP) is 6.37. The number of ether oxygens (including phenoxy) is 3. The smallest absolute Gasteiger partial charge is 0.266 e. The zero-order valence-electron chi connectivity index (χ0n) is 19.0. The Labute approximate surface area is 207 Å². The highest BCUT2D eigenvalue weighted by molar-refractivity contribution is 9.10. The Morgan fingerprint density at radius 3 is 2.29 bits per heavy atom. The molecule has 0 aliphatic rings. The van der Waals surface area contributed by atoms with Gasteiger partial charge in [0, 0.05) is 17.3 Å². The largest absolute Gasteiger partial charge is 0.493 e. The minimum atomic E-state index is -0.520. The Morgan fingerprint density at radius 2 is 1.65 bits per heavy atom. The number of carbonyl (C=O) groups excluding carboxylic acids is 1. The summed E-state index contributed by atoms with van der Waals surface area (Å²) < 4.78 is 17.7. The van der Waals surface area contributed by atoms with Crippen LogP contribution < -0.4 is 19.5 Å². The number of nitrogens with one attached hydrogen (secondary N) is 1. The van der Waals surface area contributed by atoms with E-state index < -0.39 is 5.91 Å². The third kappa shape index (κ3) is 6.87. The molecular formula is C27H25BrN2O4. The zero-order valence-corrected chi connectivity index (χ0v) is 20.6. The fraction of sp³-hybridized carbons (Fsp3) is 0.185. The van der Waals surface area contributed by atoms with E-state index in [2.05, 4.69) is 21.2 Å². The predicted molar refractivity (Wildman–Crippen MR) is 136 cm³/mol. The quantitative estimate of drug-likeness (QED) is 0.248. The fourth-order valence-corrected chi connectivity index (χ4v) is 3.56. The number of benzene rings is 3. The lowest BCUT2D eigenvalue weighted by molar-refractivity contribution is -0.112. The van der Waals surface area contributed by atoms with E-state index in [1.54, 1.807) is 36.4 Å². The molecule has 7 heteroatoms. The molecule has 0 aliphatic heterocycles. The van der Waals surface area contributed by atoms with Crippen molar-refractivity contribution in [3.8, 4) is 23.3 Å². The molecule has 0 fully saturated rings. The van der Waals surface area contributed by atoms with E-state index in [1.807, 2.05) is 50.2 Å². The van der Waals surface area contributed by atoms with Crippen LogP contribution in [-0.4, -0.2) is 19.1 Å². The summed E-state index contributed by atoms with van der Waals surface area (Å²) in [6.45, 7) is 5.14. The molecule has 174 valence electrons. The van der Waals surface area contributed by atoms with Gasteiger partial charge in [-0.25, -0.2) is 0 Å². The summed E-state index contributed by atoms with van der Waals surface area (Å²) in [4.78, 5) is 12.8. The molecule has 0 bridgehead atoms. The number of nitrogens with zero attached hydrogens (tertiary/aromatic N) is 1. The van der Waals surface area contributed by atoms with Crippen molar-refractivity contribution in [2.24, 2.45) is 0 Å². The van der Waals surface area contributed by atoms with Gasteiger partial charge in [0.15, 0.2) is 0 Å². The lowest BCUT2D eigenvalue weighted by Gasteiger charge is -2.13. The van der Waals surface area contributed by atoms with Gasteiger partial charge in [-0.15, -0.1) is 0 Å². The van der Waals surface area contributed by atoms with Gasteiger partial charge in [-0.3, -0.25) is 4.79 Å². The standard InChI is InChI=1S/C27H25BrN2O4/c1-3-32-25-16-26(33-4-2)24(28)15-20(25)14-21(17-29)27(31)30-22-10-12-23(13-11-22)34-18-19-8-6-5-7-9-19/h5-16H,3-4,18H2,1-2H3,(H,30,31)/b21-14+. The maximum absolute atomic E-state index is 12.8. The molecule has 1 N–H and O–H groups in total. The summed E-state index contributed by atoms with van der Waals surface area (Å²) in [5.74, 6) is 1.31. The van der Waals surface area contributed by atoms with Gasteiger partial charge in [-0.2, -0.15) is 5.26 Å². The highest BCUT2D eigenvalue weighted by atomic mass is 79.9. The van der Waals surface area contributed by atoms with Crippen LogP contribution in [0.1, 0.15) is 25.0 Å². The lowest BCUT2D eigenvalue weighted by Crippen LogP contribution is -2.13. The van der Waals surface area contributed by atoms with Crippen LogP contribution in [0.15, 0.2) is 76.8 Å². The lowest BCUT2D eigenvalue weighted by atomic mass is 10.1. The van der Waals surface area contributed by atoms with Crippen molar-refractivity contribution in [3.05, 3.63) is 87.9 Å². The van der Waals surface area contributed by atoms with Gasteiger partial charge < -0.3 is 19.5 Å². The number of nitriles is 1. The van der Waals surface area contributed by atoms with Crippen LogP contribution >= 0.6 is 15.9 Å². The number of anilines is 1. The van der Waals surface area contributed by atoms with E-state index in [9.17, 15) is 10.1 Å². The Bertz CT molecular complexity index is 1190. The normalized spacial score (nSPS) is 10.8. The number of halogens is 1. The van der Waals surface area contributed by atoms with Crippen LogP contribution in [0.25, 0.3) is 6.08 Å². The van der Waals surface area contributed by atoms with Gasteiger partial charge in [-0.1, -0.05) is 30.3 Å². The van der Waals surface area contributed by atoms with Crippen LogP contribution in [0.3, 0.4) is 0 Å². The summed E-state index contributed by atoms with van der Waals surface area (Å²) >= 11 is 3.47. The molecule has 34 heavy (non-hydrogen) atoms. The second-order valence-corrected chi connectivity index (χ2v) is 7.96. The molecule has 0 saturated carbocycles. The molecule has 3 rings (SSSR count). The highest BCUT2D eigenvalue weighted by Gasteiger charge is 2.14. The summed E-state index contributed by atoms with van der Waals surface area (Å²) in [7, 11) is 0. The maximum Gasteiger partial charge on any atom is 0.266 e. The van der Waals surface area contributed by atoms with Crippen molar-refractivity contribution in [2.75, 3.05) is 18.5 Å². The van der Waals surface area contributed by atoms with Crippen LogP contribution in [0, 0.1) is 11.3 Å². The number of hydrogen-bond acceptors (Lipinski definition) is 5. The van der Waals surface area contributed by atoms with Crippen LogP contribution in [-0.2, 0) is 11.4 Å². The van der Waals surface area contributed by atoms with Gasteiger partial charge in [0.05, 0.1) is 17.7 Å². The Balaban J connectivity index is 1.72. The van der Waals surface area contributed by atoms with Crippen molar-refractivity contribution in [3.63, 3.8) is 0 Å². The Morgan fingerprint density at radius 1 is 0.971 bits per heavy atom. The van der Waals surface area contributed by atoms with Crippen molar-refractivity contribution in [1.29, 1.82) is 5.26 Å². The second-order valence-electron chi connectivity index (χ2n) is 7.11. The monoisotopic (exact) mass is 520 g/mol. The molecule has 3 aromatic carbocycles. The SMILES string of the molecule is CCOc1cc(OCC)c(/C=C(\C#N)C(=O)Nc2ccc(OCc3ccccc3)cc2)cc1Br. The van der Waals surface area contributed by atoms with Crippen LogP contribution in [0.5, 0.6) is 17.2 Å². The highest BCUT2D eigenvalue weighted by Crippen LogP contribution is 2.34. The van der Waals surface area contributed by atoms with Gasteiger partial charge in [0.1, 0.15) is 35.5 Å². The number of carbonyl (C=O) groups is 1. The first-order chi connectivity index (χ1) is 16.5. The molecule has 0 atom stereocenters. The fourth-order valence-electron chi connectivity index (χ4n) is 3.09. The van der Waals surface area contributed by atoms with Crippen LogP contribution in [0.4, 0.5) is 5.69 Å². The maximum atomic E-state index is 12.8. The molecule has 0 radical (unpaired) electrons. The molecular weight excluding hydrogens is 496 g/mol. The summed E-state index contributed by atoms with van der Waals surface area (Å²) in [5.41, 5.74) is 2.15. The minimum absolute atomic E-state index is 0.0542. The first-order valence-corrected chi connectivity index (χ1v) is 11.6. The van der Waals surface area contributed by atoms with E-state index in [4.69, 9.17) is 14.2 Å². The molecule has 0 aromatic heterocycles. The van der Waals surface area contributed by atoms with E-state index in [0.29, 0.717) is 52.8 Å². The van der Waals surface area contributed by atoms with Gasteiger partial charge in [-0.05, 0) is 71.7 Å². The van der Waals surface area contributed by atoms with Gasteiger partial charge in [0.25, 0.3) is 5.91 Å². The van der Waals surface area contributed by atoms with Gasteiger partial charge in [0.2, 0.25) is 0 Å².